The predicted octanol–water partition coefficient (Wildman–Crippen LogP) is 3.88. The van der Waals surface area contributed by atoms with E-state index in [0.29, 0.717) is 39.5 Å². The van der Waals surface area contributed by atoms with Crippen LogP contribution in [0.4, 0.5) is 0 Å². The topological polar surface area (TPSA) is 75.7 Å². The minimum atomic E-state index is -3.47. The summed E-state index contributed by atoms with van der Waals surface area (Å²) in [5.41, 5.74) is 0.492. The van der Waals surface area contributed by atoms with E-state index in [1.807, 2.05) is 0 Å². The number of nitrogens with zero attached hydrogens (tertiary/aromatic N) is 1. The van der Waals surface area contributed by atoms with Gasteiger partial charge in [0, 0.05) is 23.6 Å². The van der Waals surface area contributed by atoms with Gasteiger partial charge in [0.2, 0.25) is 0 Å². The molecule has 1 unspecified atom stereocenters. The lowest BCUT2D eigenvalue weighted by Crippen LogP contribution is -2.44. The molecular weight excluding hydrogens is 464 g/mol. The first-order valence-electron chi connectivity index (χ1n) is 9.10. The molecule has 2 aromatic rings. The standard InChI is InChI=1S/C19H23BrN2O4S2/c1-26-15-7-8-17(20)16(13-15)19(23)21-10-9-14-5-2-3-11-22(14)28(24,25)18-6-4-12-27-18/h4,6-8,12-14H,2-3,5,9-11H2,1H3,(H,21,23). The first kappa shape index (κ1) is 21.3. The molecule has 1 aromatic carbocycles. The fourth-order valence-corrected chi connectivity index (χ4v) is 6.63. The Morgan fingerprint density at radius 3 is 2.89 bits per heavy atom. The van der Waals surface area contributed by atoms with Crippen LogP contribution in [0.15, 0.2) is 44.4 Å². The van der Waals surface area contributed by atoms with Crippen LogP contribution in [0.25, 0.3) is 0 Å². The van der Waals surface area contributed by atoms with E-state index in [1.54, 1.807) is 47.1 Å². The van der Waals surface area contributed by atoms with Gasteiger partial charge in [-0.25, -0.2) is 8.42 Å². The van der Waals surface area contributed by atoms with Gasteiger partial charge < -0.3 is 10.1 Å². The minimum Gasteiger partial charge on any atom is -0.497 e. The van der Waals surface area contributed by atoms with Crippen molar-refractivity contribution in [3.8, 4) is 5.75 Å². The van der Waals surface area contributed by atoms with E-state index < -0.39 is 10.0 Å². The van der Waals surface area contributed by atoms with Gasteiger partial charge in [-0.3, -0.25) is 4.79 Å². The molecule has 9 heteroatoms. The molecule has 1 aliphatic heterocycles. The highest BCUT2D eigenvalue weighted by molar-refractivity contribution is 9.10. The van der Waals surface area contributed by atoms with Gasteiger partial charge in [-0.2, -0.15) is 4.31 Å². The van der Waals surface area contributed by atoms with Gasteiger partial charge in [0.1, 0.15) is 9.96 Å². The first-order valence-corrected chi connectivity index (χ1v) is 12.2. The van der Waals surface area contributed by atoms with Crippen molar-refractivity contribution in [1.29, 1.82) is 0 Å². The van der Waals surface area contributed by atoms with Gasteiger partial charge in [-0.05, 0) is 64.8 Å². The van der Waals surface area contributed by atoms with E-state index >= 15 is 0 Å². The van der Waals surface area contributed by atoms with E-state index in [-0.39, 0.29) is 11.9 Å². The zero-order chi connectivity index (χ0) is 20.1. The van der Waals surface area contributed by atoms with Crippen LogP contribution in [0, 0.1) is 0 Å². The zero-order valence-electron chi connectivity index (χ0n) is 15.6. The first-order chi connectivity index (χ1) is 13.4. The van der Waals surface area contributed by atoms with Crippen molar-refractivity contribution >= 4 is 43.2 Å². The second-order valence-electron chi connectivity index (χ2n) is 6.59. The lowest BCUT2D eigenvalue weighted by atomic mass is 10.0. The summed E-state index contributed by atoms with van der Waals surface area (Å²) in [4.78, 5) is 12.5. The summed E-state index contributed by atoms with van der Waals surface area (Å²) < 4.78 is 33.7. The Balaban J connectivity index is 1.64. The normalized spacial score (nSPS) is 18.0. The molecular formula is C19H23BrN2O4S2. The molecule has 1 fully saturated rings. The molecule has 1 saturated heterocycles. The van der Waals surface area contributed by atoms with Gasteiger partial charge in [-0.15, -0.1) is 11.3 Å². The Kier molecular flexibility index (Phi) is 7.14. The Bertz CT molecular complexity index is 916. The maximum Gasteiger partial charge on any atom is 0.252 e. The summed E-state index contributed by atoms with van der Waals surface area (Å²) in [6, 6.07) is 8.51. The van der Waals surface area contributed by atoms with Crippen molar-refractivity contribution in [2.75, 3.05) is 20.2 Å². The molecule has 0 aliphatic carbocycles. The smallest absolute Gasteiger partial charge is 0.252 e. The number of nitrogens with one attached hydrogen (secondary N) is 1. The molecule has 1 aromatic heterocycles. The van der Waals surface area contributed by atoms with E-state index in [2.05, 4.69) is 21.2 Å². The number of benzene rings is 1. The minimum absolute atomic E-state index is 0.102. The van der Waals surface area contributed by atoms with Crippen LogP contribution in [0.3, 0.4) is 0 Å². The Labute approximate surface area is 178 Å². The highest BCUT2D eigenvalue weighted by atomic mass is 79.9. The van der Waals surface area contributed by atoms with Crippen molar-refractivity contribution < 1.29 is 17.9 Å². The van der Waals surface area contributed by atoms with Gasteiger partial charge >= 0.3 is 0 Å². The maximum absolute atomic E-state index is 12.9. The number of amides is 1. The molecule has 28 heavy (non-hydrogen) atoms. The predicted molar refractivity (Wildman–Crippen MR) is 113 cm³/mol. The van der Waals surface area contributed by atoms with Crippen LogP contribution in [0.5, 0.6) is 5.75 Å². The molecule has 3 rings (SSSR count). The summed E-state index contributed by atoms with van der Waals surface area (Å²) in [7, 11) is -1.92. The fourth-order valence-electron chi connectivity index (χ4n) is 3.36. The quantitative estimate of drug-likeness (QED) is 0.643. The van der Waals surface area contributed by atoms with Crippen LogP contribution in [-0.4, -0.2) is 44.9 Å². The van der Waals surface area contributed by atoms with Gasteiger partial charge in [0.05, 0.1) is 12.7 Å². The number of thiophene rings is 1. The Morgan fingerprint density at radius 2 is 2.18 bits per heavy atom. The number of hydrogen-bond donors (Lipinski definition) is 1. The Hall–Kier alpha value is -1.42. The molecule has 0 spiro atoms. The molecule has 1 amide bonds. The third-order valence-electron chi connectivity index (χ3n) is 4.81. The summed E-state index contributed by atoms with van der Waals surface area (Å²) in [6.07, 6.45) is 3.25. The van der Waals surface area contributed by atoms with Gasteiger partial charge in [-0.1, -0.05) is 12.5 Å². The van der Waals surface area contributed by atoms with Crippen molar-refractivity contribution in [3.05, 3.63) is 45.7 Å². The van der Waals surface area contributed by atoms with Crippen LogP contribution in [0.1, 0.15) is 36.0 Å². The number of carbonyl (C=O) groups is 1. The highest BCUT2D eigenvalue weighted by Crippen LogP contribution is 2.29. The number of rotatable bonds is 7. The molecule has 2 heterocycles. The second kappa shape index (κ2) is 9.39. The maximum atomic E-state index is 12.9. The van der Waals surface area contributed by atoms with Crippen molar-refractivity contribution in [1.82, 2.24) is 9.62 Å². The summed E-state index contributed by atoms with van der Waals surface area (Å²) >= 11 is 4.62. The lowest BCUT2D eigenvalue weighted by molar-refractivity contribution is 0.0948. The molecule has 1 N–H and O–H groups in total. The summed E-state index contributed by atoms with van der Waals surface area (Å²) in [5.74, 6) is 0.392. The molecule has 6 nitrogen and oxygen atoms in total. The van der Waals surface area contributed by atoms with E-state index in [0.717, 1.165) is 19.3 Å². The van der Waals surface area contributed by atoms with Crippen LogP contribution in [0.2, 0.25) is 0 Å². The molecule has 1 aliphatic rings. The number of methoxy groups -OCH3 is 1. The number of hydrogen-bond acceptors (Lipinski definition) is 5. The lowest BCUT2D eigenvalue weighted by Gasteiger charge is -2.34. The summed E-state index contributed by atoms with van der Waals surface area (Å²) in [6.45, 7) is 0.934. The van der Waals surface area contributed by atoms with Crippen LogP contribution >= 0.6 is 27.3 Å². The SMILES string of the molecule is COc1ccc(Br)c(C(=O)NCCC2CCCCN2S(=O)(=O)c2cccs2)c1. The molecule has 152 valence electrons. The fraction of sp³-hybridized carbons (Fsp3) is 0.421. The average Bonchev–Trinajstić information content (AvgIpc) is 3.24. The molecule has 0 radical (unpaired) electrons. The number of halogens is 1. The van der Waals surface area contributed by atoms with Crippen molar-refractivity contribution in [2.45, 2.75) is 35.9 Å². The number of sulfonamides is 1. The monoisotopic (exact) mass is 486 g/mol. The largest absolute Gasteiger partial charge is 0.497 e. The van der Waals surface area contributed by atoms with Crippen LogP contribution < -0.4 is 10.1 Å². The number of ether oxygens (including phenoxy) is 1. The molecule has 0 bridgehead atoms. The second-order valence-corrected chi connectivity index (χ2v) is 10.5. The number of carbonyl (C=O) groups excluding carboxylic acids is 1. The van der Waals surface area contributed by atoms with Crippen molar-refractivity contribution in [3.63, 3.8) is 0 Å². The number of piperidine rings is 1. The van der Waals surface area contributed by atoms with Gasteiger partial charge in [0.15, 0.2) is 0 Å². The third-order valence-corrected chi connectivity index (χ3v) is 8.83. The Morgan fingerprint density at radius 1 is 1.36 bits per heavy atom. The van der Waals surface area contributed by atoms with Gasteiger partial charge in [0.25, 0.3) is 15.9 Å². The van der Waals surface area contributed by atoms with E-state index in [4.69, 9.17) is 4.74 Å². The molecule has 0 saturated carbocycles. The van der Waals surface area contributed by atoms with E-state index in [1.165, 1.54) is 11.3 Å². The average molecular weight is 487 g/mol. The zero-order valence-corrected chi connectivity index (χ0v) is 18.8. The highest BCUT2D eigenvalue weighted by Gasteiger charge is 2.33. The third kappa shape index (κ3) is 4.76. The van der Waals surface area contributed by atoms with Crippen molar-refractivity contribution in [2.24, 2.45) is 0 Å². The molecule has 1 atom stereocenters. The van der Waals surface area contributed by atoms with E-state index in [9.17, 15) is 13.2 Å². The van der Waals surface area contributed by atoms with Crippen LogP contribution in [-0.2, 0) is 10.0 Å². The summed E-state index contributed by atoms with van der Waals surface area (Å²) in [5, 5.41) is 4.68.